The predicted molar refractivity (Wildman–Crippen MR) is 259 cm³/mol. The number of thiophene rings is 1. The van der Waals surface area contributed by atoms with E-state index < -0.39 is 0 Å². The van der Waals surface area contributed by atoms with Crippen LogP contribution in [0.2, 0.25) is 0 Å². The first-order chi connectivity index (χ1) is 30.2. The maximum absolute atomic E-state index is 2.52. The molecule has 61 heavy (non-hydrogen) atoms. The second kappa shape index (κ2) is 15.4. The van der Waals surface area contributed by atoms with Crippen LogP contribution in [0.25, 0.3) is 20.2 Å². The molecule has 5 saturated carbocycles. The van der Waals surface area contributed by atoms with Gasteiger partial charge in [-0.3, -0.25) is 0 Å². The number of fused-ring (bicyclic) bond motifs is 3. The Morgan fingerprint density at radius 2 is 0.852 bits per heavy atom. The van der Waals surface area contributed by atoms with Crippen LogP contribution in [0.3, 0.4) is 0 Å². The van der Waals surface area contributed by atoms with E-state index in [4.69, 9.17) is 0 Å². The fraction of sp³-hybridized carbons (Fsp3) is 0.276. The summed E-state index contributed by atoms with van der Waals surface area (Å²) in [6.07, 6.45) is 13.6. The Kier molecular flexibility index (Phi) is 9.36. The molecule has 1 heterocycles. The molecule has 0 saturated heterocycles. The van der Waals surface area contributed by atoms with Crippen molar-refractivity contribution in [2.24, 2.45) is 23.7 Å². The Morgan fingerprint density at radius 1 is 0.393 bits per heavy atom. The lowest BCUT2D eigenvalue weighted by Crippen LogP contribution is -2.56. The van der Waals surface area contributed by atoms with Crippen molar-refractivity contribution in [3.8, 4) is 0 Å². The highest BCUT2D eigenvalue weighted by Gasteiger charge is 2.58. The van der Waals surface area contributed by atoms with Crippen molar-refractivity contribution in [3.05, 3.63) is 193 Å². The average Bonchev–Trinajstić information content (AvgIpc) is 3.69. The van der Waals surface area contributed by atoms with Gasteiger partial charge in [0.15, 0.2) is 0 Å². The number of hydrogen-bond acceptors (Lipinski definition) is 3. The summed E-state index contributed by atoms with van der Waals surface area (Å²) in [5.74, 6) is 3.81. The fourth-order valence-electron chi connectivity index (χ4n) is 13.0. The van der Waals surface area contributed by atoms with Crippen molar-refractivity contribution in [1.82, 2.24) is 0 Å². The lowest BCUT2D eigenvalue weighted by Gasteiger charge is -2.62. The van der Waals surface area contributed by atoms with Crippen LogP contribution in [0.15, 0.2) is 176 Å². The third kappa shape index (κ3) is 6.42. The van der Waals surface area contributed by atoms with Crippen molar-refractivity contribution < 1.29 is 0 Å². The van der Waals surface area contributed by atoms with E-state index in [1.807, 2.05) is 11.3 Å². The Hall–Kier alpha value is -5.64. The lowest BCUT2D eigenvalue weighted by molar-refractivity contribution is -0.0418. The van der Waals surface area contributed by atoms with Gasteiger partial charge in [0.2, 0.25) is 0 Å². The molecule has 5 fully saturated rings. The smallest absolute Gasteiger partial charge is 0.0476 e. The number of nitrogens with zero attached hydrogens (tertiary/aromatic N) is 2. The highest BCUT2D eigenvalue weighted by atomic mass is 32.1. The molecule has 1 aromatic heterocycles. The topological polar surface area (TPSA) is 6.48 Å². The lowest BCUT2D eigenvalue weighted by atomic mass is 9.42. The molecule has 8 aromatic rings. The van der Waals surface area contributed by atoms with Gasteiger partial charge in [-0.05, 0) is 170 Å². The van der Waals surface area contributed by atoms with Gasteiger partial charge in [0.25, 0.3) is 0 Å². The van der Waals surface area contributed by atoms with Crippen LogP contribution in [0.5, 0.6) is 0 Å². The maximum atomic E-state index is 2.52. The second-order valence-corrected chi connectivity index (χ2v) is 19.9. The summed E-state index contributed by atoms with van der Waals surface area (Å²) in [5, 5.41) is 2.68. The first-order valence-electron chi connectivity index (χ1n) is 23.1. The molecule has 0 amide bonds. The van der Waals surface area contributed by atoms with Gasteiger partial charge in [-0.2, -0.15) is 0 Å². The van der Waals surface area contributed by atoms with E-state index in [-0.39, 0.29) is 5.41 Å². The van der Waals surface area contributed by atoms with Crippen LogP contribution in [0.4, 0.5) is 34.1 Å². The SMILES string of the molecule is c1ccc(N(c2ccc(C3CCCCC3)cc2)c2ccc(C3(c4ccc(N(c5ccccc5)c5ccc6c(c5)sc5ccccc56)cc4)C4CC5CC(C4)CC3C5)cc2)cc1. The minimum atomic E-state index is 0.0112. The molecule has 0 spiro atoms. The molecule has 5 aliphatic rings. The fourth-order valence-corrected chi connectivity index (χ4v) is 14.2. The quantitative estimate of drug-likeness (QED) is 0.143. The largest absolute Gasteiger partial charge is 0.311 e. The minimum absolute atomic E-state index is 0.0112. The molecule has 2 nitrogen and oxygen atoms in total. The third-order valence-electron chi connectivity index (χ3n) is 15.5. The molecule has 7 aromatic carbocycles. The summed E-state index contributed by atoms with van der Waals surface area (Å²) >= 11 is 1.89. The van der Waals surface area contributed by atoms with E-state index >= 15 is 0 Å². The average molecular weight is 811 g/mol. The number of hydrogen-bond donors (Lipinski definition) is 0. The zero-order valence-electron chi connectivity index (χ0n) is 35.0. The van der Waals surface area contributed by atoms with E-state index in [9.17, 15) is 0 Å². The molecule has 0 radical (unpaired) electrons. The summed E-state index contributed by atoms with van der Waals surface area (Å²) in [7, 11) is 0. The van der Waals surface area contributed by atoms with Crippen molar-refractivity contribution in [2.45, 2.75) is 75.5 Å². The van der Waals surface area contributed by atoms with Gasteiger partial charge >= 0.3 is 0 Å². The molecule has 302 valence electrons. The Bertz CT molecular complexity index is 2750. The Balaban J connectivity index is 0.928. The molecular formula is C58H54N2S. The van der Waals surface area contributed by atoms with Crippen LogP contribution < -0.4 is 9.80 Å². The van der Waals surface area contributed by atoms with Gasteiger partial charge in [-0.15, -0.1) is 11.3 Å². The molecule has 3 heteroatoms. The molecule has 0 N–H and O–H groups in total. The predicted octanol–water partition coefficient (Wildman–Crippen LogP) is 16.8. The highest BCUT2D eigenvalue weighted by molar-refractivity contribution is 7.25. The van der Waals surface area contributed by atoms with Crippen LogP contribution in [0.1, 0.15) is 86.8 Å². The zero-order valence-corrected chi connectivity index (χ0v) is 35.8. The molecule has 5 aliphatic carbocycles. The van der Waals surface area contributed by atoms with Gasteiger partial charge < -0.3 is 9.80 Å². The first kappa shape index (κ1) is 37.1. The number of benzene rings is 7. The number of rotatable bonds is 9. The highest BCUT2D eigenvalue weighted by Crippen LogP contribution is 2.65. The van der Waals surface area contributed by atoms with E-state index in [0.29, 0.717) is 17.8 Å². The second-order valence-electron chi connectivity index (χ2n) is 18.8. The van der Waals surface area contributed by atoms with E-state index in [2.05, 4.69) is 186 Å². The summed E-state index contributed by atoms with van der Waals surface area (Å²) in [5.41, 5.74) is 11.8. The Labute approximate surface area is 365 Å². The minimum Gasteiger partial charge on any atom is -0.311 e. The summed E-state index contributed by atoms with van der Waals surface area (Å²) in [6, 6.07) is 67.1. The number of anilines is 6. The van der Waals surface area contributed by atoms with Crippen molar-refractivity contribution in [3.63, 3.8) is 0 Å². The van der Waals surface area contributed by atoms with Crippen molar-refractivity contribution >= 4 is 65.6 Å². The third-order valence-corrected chi connectivity index (χ3v) is 16.6. The van der Waals surface area contributed by atoms with Gasteiger partial charge in [0, 0.05) is 59.7 Å². The number of para-hydroxylation sites is 2. The summed E-state index contributed by atoms with van der Waals surface area (Å²) < 4.78 is 2.67. The van der Waals surface area contributed by atoms with Crippen molar-refractivity contribution in [2.75, 3.05) is 9.80 Å². The maximum Gasteiger partial charge on any atom is 0.0476 e. The van der Waals surface area contributed by atoms with Gasteiger partial charge in [-0.1, -0.05) is 116 Å². The van der Waals surface area contributed by atoms with E-state index in [1.165, 1.54) is 135 Å². The van der Waals surface area contributed by atoms with Crippen LogP contribution >= 0.6 is 11.3 Å². The van der Waals surface area contributed by atoms with Crippen molar-refractivity contribution in [1.29, 1.82) is 0 Å². The van der Waals surface area contributed by atoms with Crippen LogP contribution in [-0.4, -0.2) is 0 Å². The van der Waals surface area contributed by atoms with Crippen LogP contribution in [0, 0.1) is 23.7 Å². The van der Waals surface area contributed by atoms with E-state index in [0.717, 1.165) is 11.8 Å². The molecule has 0 unspecified atom stereocenters. The monoisotopic (exact) mass is 810 g/mol. The van der Waals surface area contributed by atoms with Gasteiger partial charge in [0.05, 0.1) is 0 Å². The molecule has 4 bridgehead atoms. The molecular weight excluding hydrogens is 757 g/mol. The normalized spacial score (nSPS) is 23.4. The summed E-state index contributed by atoms with van der Waals surface area (Å²) in [4.78, 5) is 4.91. The molecule has 0 atom stereocenters. The Morgan fingerprint density at radius 3 is 1.43 bits per heavy atom. The first-order valence-corrected chi connectivity index (χ1v) is 23.9. The summed E-state index contributed by atoms with van der Waals surface area (Å²) in [6.45, 7) is 0. The van der Waals surface area contributed by atoms with E-state index in [1.54, 1.807) is 0 Å². The standard InChI is InChI=1S/C58H54N2S/c1-4-12-42(13-5-1)43-20-26-50(27-21-43)59(48-14-6-2-7-15-48)51-28-22-44(23-29-51)58(46-35-40-34-41(37-46)38-47(58)36-40)45-24-30-52(31-25-45)60(49-16-8-3-9-17-49)53-32-33-55-54-18-10-11-19-56(54)61-57(55)39-53/h2-3,6-11,14-33,39-42,46-47H,1,4-5,12-13,34-38H2. The van der Waals surface area contributed by atoms with Crippen LogP contribution in [-0.2, 0) is 5.41 Å². The van der Waals surface area contributed by atoms with Gasteiger partial charge in [-0.25, -0.2) is 0 Å². The molecule has 13 rings (SSSR count). The van der Waals surface area contributed by atoms with Gasteiger partial charge in [0.1, 0.15) is 0 Å². The zero-order chi connectivity index (χ0) is 40.3. The molecule has 0 aliphatic heterocycles.